The number of aryl methyl sites for hydroxylation is 2. The predicted octanol–water partition coefficient (Wildman–Crippen LogP) is 0.487. The van der Waals surface area contributed by atoms with E-state index in [1.807, 2.05) is 0 Å². The highest BCUT2D eigenvalue weighted by molar-refractivity contribution is 5.95. The van der Waals surface area contributed by atoms with Gasteiger partial charge in [0, 0.05) is 7.05 Å². The van der Waals surface area contributed by atoms with E-state index in [9.17, 15) is 4.79 Å². The summed E-state index contributed by atoms with van der Waals surface area (Å²) in [7, 11) is 1.69. The summed E-state index contributed by atoms with van der Waals surface area (Å²) < 4.78 is 6.29. The van der Waals surface area contributed by atoms with Crippen molar-refractivity contribution in [3.05, 3.63) is 11.3 Å². The van der Waals surface area contributed by atoms with E-state index in [-0.39, 0.29) is 0 Å². The number of ether oxygens (including phenoxy) is 1. The number of hydrogen-bond acceptors (Lipinski definition) is 4. The lowest BCUT2D eigenvalue weighted by atomic mass is 10.2. The number of anilines is 1. The van der Waals surface area contributed by atoms with Crippen LogP contribution in [0.5, 0.6) is 0 Å². The summed E-state index contributed by atoms with van der Waals surface area (Å²) in [6, 6.07) is 0. The Hall–Kier alpha value is -1.52. The van der Waals surface area contributed by atoms with E-state index in [0.717, 1.165) is 0 Å². The fraction of sp³-hybridized carbons (Fsp3) is 0.500. The molecule has 0 saturated carbocycles. The van der Waals surface area contributed by atoms with Crippen molar-refractivity contribution < 1.29 is 9.53 Å². The number of nitrogen functional groups attached to an aromatic ring is 1. The summed E-state index contributed by atoms with van der Waals surface area (Å²) in [5.41, 5.74) is 6.60. The maximum Gasteiger partial charge on any atom is 0.343 e. The number of carbonyl (C=O) groups is 1. The van der Waals surface area contributed by atoms with Crippen LogP contribution in [0.25, 0.3) is 0 Å². The lowest BCUT2D eigenvalue weighted by Crippen LogP contribution is -2.08. The molecule has 0 aromatic carbocycles. The van der Waals surface area contributed by atoms with E-state index in [0.29, 0.717) is 23.7 Å². The molecule has 1 rings (SSSR count). The van der Waals surface area contributed by atoms with Crippen LogP contribution < -0.4 is 5.73 Å². The van der Waals surface area contributed by atoms with Crippen LogP contribution in [-0.2, 0) is 11.8 Å². The van der Waals surface area contributed by atoms with Gasteiger partial charge in [-0.1, -0.05) is 0 Å². The number of esters is 1. The molecule has 0 radical (unpaired) electrons. The molecule has 5 heteroatoms. The summed E-state index contributed by atoms with van der Waals surface area (Å²) in [5.74, 6) is -0.0680. The maximum atomic E-state index is 11.3. The molecule has 0 fully saturated rings. The van der Waals surface area contributed by atoms with Gasteiger partial charge in [-0.25, -0.2) is 4.79 Å². The van der Waals surface area contributed by atoms with Gasteiger partial charge in [0.2, 0.25) is 0 Å². The van der Waals surface area contributed by atoms with Crippen LogP contribution in [0.15, 0.2) is 0 Å². The second kappa shape index (κ2) is 3.47. The molecule has 0 spiro atoms. The number of carbonyl (C=O) groups excluding carboxylic acids is 1. The summed E-state index contributed by atoms with van der Waals surface area (Å²) in [6.07, 6.45) is 0. The van der Waals surface area contributed by atoms with Crippen molar-refractivity contribution in [3.8, 4) is 0 Å². The Balaban J connectivity index is 3.06. The normalized spacial score (nSPS) is 10.1. The number of hydrogen-bond donors (Lipinski definition) is 1. The third kappa shape index (κ3) is 1.63. The van der Waals surface area contributed by atoms with Crippen molar-refractivity contribution in [2.45, 2.75) is 13.8 Å². The summed E-state index contributed by atoms with van der Waals surface area (Å²) in [5, 5.41) is 4.00. The third-order valence-electron chi connectivity index (χ3n) is 1.75. The molecule has 5 nitrogen and oxygen atoms in total. The van der Waals surface area contributed by atoms with Gasteiger partial charge in [0.25, 0.3) is 0 Å². The van der Waals surface area contributed by atoms with Crippen LogP contribution in [-0.4, -0.2) is 22.4 Å². The molecule has 0 aliphatic carbocycles. The standard InChI is InChI=1S/C8H13N3O2/c1-4-13-8(12)6-5(2)10-11(3)7(6)9/h4,9H2,1-3H3. The van der Waals surface area contributed by atoms with Gasteiger partial charge in [-0.15, -0.1) is 0 Å². The lowest BCUT2D eigenvalue weighted by molar-refractivity contribution is 0.0527. The minimum absolute atomic E-state index is 0.340. The van der Waals surface area contributed by atoms with Gasteiger partial charge in [-0.3, -0.25) is 4.68 Å². The van der Waals surface area contributed by atoms with Gasteiger partial charge in [-0.2, -0.15) is 5.10 Å². The van der Waals surface area contributed by atoms with Gasteiger partial charge in [-0.05, 0) is 13.8 Å². The van der Waals surface area contributed by atoms with Crippen molar-refractivity contribution in [1.29, 1.82) is 0 Å². The molecule has 2 N–H and O–H groups in total. The van der Waals surface area contributed by atoms with Gasteiger partial charge < -0.3 is 10.5 Å². The molecule has 72 valence electrons. The van der Waals surface area contributed by atoms with E-state index in [2.05, 4.69) is 5.10 Å². The fourth-order valence-corrected chi connectivity index (χ4v) is 1.13. The highest BCUT2D eigenvalue weighted by Crippen LogP contribution is 2.15. The van der Waals surface area contributed by atoms with Gasteiger partial charge >= 0.3 is 5.97 Å². The van der Waals surface area contributed by atoms with Crippen LogP contribution in [0.2, 0.25) is 0 Å². The number of rotatable bonds is 2. The zero-order chi connectivity index (χ0) is 10.0. The average Bonchev–Trinajstić information content (AvgIpc) is 2.27. The van der Waals surface area contributed by atoms with Gasteiger partial charge in [0.15, 0.2) is 0 Å². The Morgan fingerprint density at radius 3 is 2.69 bits per heavy atom. The van der Waals surface area contributed by atoms with E-state index < -0.39 is 5.97 Å². The molecule has 0 unspecified atom stereocenters. The Morgan fingerprint density at radius 1 is 1.69 bits per heavy atom. The minimum atomic E-state index is -0.411. The molecule has 0 aliphatic rings. The molecule has 0 saturated heterocycles. The first-order valence-corrected chi connectivity index (χ1v) is 4.04. The number of aromatic nitrogens is 2. The first-order chi connectivity index (χ1) is 6.07. The lowest BCUT2D eigenvalue weighted by Gasteiger charge is -2.00. The molecular formula is C8H13N3O2. The Labute approximate surface area is 76.5 Å². The van der Waals surface area contributed by atoms with Crippen LogP contribution in [0.4, 0.5) is 5.82 Å². The van der Waals surface area contributed by atoms with Crippen LogP contribution in [0.3, 0.4) is 0 Å². The Kier molecular flexibility index (Phi) is 2.55. The largest absolute Gasteiger partial charge is 0.462 e. The first kappa shape index (κ1) is 9.57. The van der Waals surface area contributed by atoms with Crippen LogP contribution in [0.1, 0.15) is 23.0 Å². The quantitative estimate of drug-likeness (QED) is 0.677. The molecule has 0 aliphatic heterocycles. The van der Waals surface area contributed by atoms with Crippen molar-refractivity contribution in [2.24, 2.45) is 7.05 Å². The second-order valence-electron chi connectivity index (χ2n) is 2.69. The second-order valence-corrected chi connectivity index (χ2v) is 2.69. The molecular weight excluding hydrogens is 170 g/mol. The van der Waals surface area contributed by atoms with Gasteiger partial charge in [0.1, 0.15) is 11.4 Å². The summed E-state index contributed by atoms with van der Waals surface area (Å²) in [6.45, 7) is 3.81. The van der Waals surface area contributed by atoms with Crippen molar-refractivity contribution in [1.82, 2.24) is 9.78 Å². The number of nitrogens with zero attached hydrogens (tertiary/aromatic N) is 2. The zero-order valence-electron chi connectivity index (χ0n) is 8.00. The third-order valence-corrected chi connectivity index (χ3v) is 1.75. The maximum absolute atomic E-state index is 11.3. The average molecular weight is 183 g/mol. The van der Waals surface area contributed by atoms with Crippen molar-refractivity contribution >= 4 is 11.8 Å². The molecule has 0 atom stereocenters. The fourth-order valence-electron chi connectivity index (χ4n) is 1.13. The molecule has 0 amide bonds. The van der Waals surface area contributed by atoms with Crippen molar-refractivity contribution in [2.75, 3.05) is 12.3 Å². The highest BCUT2D eigenvalue weighted by Gasteiger charge is 2.18. The summed E-state index contributed by atoms with van der Waals surface area (Å²) in [4.78, 5) is 11.3. The smallest absolute Gasteiger partial charge is 0.343 e. The van der Waals surface area contributed by atoms with E-state index in [1.54, 1.807) is 20.9 Å². The minimum Gasteiger partial charge on any atom is -0.462 e. The first-order valence-electron chi connectivity index (χ1n) is 4.04. The van der Waals surface area contributed by atoms with Crippen LogP contribution >= 0.6 is 0 Å². The molecule has 13 heavy (non-hydrogen) atoms. The highest BCUT2D eigenvalue weighted by atomic mass is 16.5. The van der Waals surface area contributed by atoms with Crippen LogP contribution in [0, 0.1) is 6.92 Å². The summed E-state index contributed by atoms with van der Waals surface area (Å²) >= 11 is 0. The molecule has 1 aromatic heterocycles. The molecule has 1 heterocycles. The number of nitrogens with two attached hydrogens (primary N) is 1. The van der Waals surface area contributed by atoms with E-state index in [1.165, 1.54) is 4.68 Å². The zero-order valence-corrected chi connectivity index (χ0v) is 8.00. The SMILES string of the molecule is CCOC(=O)c1c(C)nn(C)c1N. The Bertz CT molecular complexity index is 330. The predicted molar refractivity (Wildman–Crippen MR) is 48.3 cm³/mol. The Morgan fingerprint density at radius 2 is 2.31 bits per heavy atom. The van der Waals surface area contributed by atoms with Crippen molar-refractivity contribution in [3.63, 3.8) is 0 Å². The van der Waals surface area contributed by atoms with Gasteiger partial charge in [0.05, 0.1) is 12.3 Å². The van der Waals surface area contributed by atoms with E-state index >= 15 is 0 Å². The molecule has 1 aromatic rings. The monoisotopic (exact) mass is 183 g/mol. The van der Waals surface area contributed by atoms with E-state index in [4.69, 9.17) is 10.5 Å². The molecule has 0 bridgehead atoms. The topological polar surface area (TPSA) is 70.1 Å².